The number of anilines is 1. The standard InChI is InChI=1S/C15H19N3O2/c1-12(5-6-15(19)20)17-14-4-2-3-13(9-14)10-18-8-7-16-11-18/h2-4,7-9,11-12,17H,5-6,10H2,1H3,(H,19,20). The van der Waals surface area contributed by atoms with Gasteiger partial charge in [-0.05, 0) is 31.0 Å². The summed E-state index contributed by atoms with van der Waals surface area (Å²) in [6, 6.07) is 8.27. The van der Waals surface area contributed by atoms with Crippen molar-refractivity contribution in [3.8, 4) is 0 Å². The van der Waals surface area contributed by atoms with Crippen molar-refractivity contribution in [1.82, 2.24) is 9.55 Å². The van der Waals surface area contributed by atoms with E-state index in [1.807, 2.05) is 29.8 Å². The lowest BCUT2D eigenvalue weighted by molar-refractivity contribution is -0.137. The monoisotopic (exact) mass is 273 g/mol. The van der Waals surface area contributed by atoms with Gasteiger partial charge in [0.05, 0.1) is 6.33 Å². The molecule has 1 aromatic heterocycles. The van der Waals surface area contributed by atoms with Crippen molar-refractivity contribution in [2.75, 3.05) is 5.32 Å². The Bertz CT molecular complexity index is 552. The predicted molar refractivity (Wildman–Crippen MR) is 77.7 cm³/mol. The van der Waals surface area contributed by atoms with Gasteiger partial charge >= 0.3 is 5.97 Å². The maximum Gasteiger partial charge on any atom is 0.303 e. The number of imidazole rings is 1. The molecule has 0 aliphatic heterocycles. The van der Waals surface area contributed by atoms with Gasteiger partial charge in [0.25, 0.3) is 0 Å². The molecule has 20 heavy (non-hydrogen) atoms. The van der Waals surface area contributed by atoms with Crippen LogP contribution in [0.5, 0.6) is 0 Å². The highest BCUT2D eigenvalue weighted by Gasteiger charge is 2.05. The molecule has 0 aliphatic carbocycles. The van der Waals surface area contributed by atoms with Gasteiger partial charge in [-0.15, -0.1) is 0 Å². The first-order valence-corrected chi connectivity index (χ1v) is 6.66. The van der Waals surface area contributed by atoms with E-state index in [1.165, 1.54) is 5.56 Å². The van der Waals surface area contributed by atoms with Crippen LogP contribution in [-0.2, 0) is 11.3 Å². The van der Waals surface area contributed by atoms with E-state index in [2.05, 4.69) is 22.4 Å². The van der Waals surface area contributed by atoms with Gasteiger partial charge in [0.2, 0.25) is 0 Å². The number of benzene rings is 1. The van der Waals surface area contributed by atoms with Gasteiger partial charge < -0.3 is 15.0 Å². The Balaban J connectivity index is 1.93. The summed E-state index contributed by atoms with van der Waals surface area (Å²) in [4.78, 5) is 14.6. The summed E-state index contributed by atoms with van der Waals surface area (Å²) in [5.41, 5.74) is 2.19. The van der Waals surface area contributed by atoms with Gasteiger partial charge in [-0.25, -0.2) is 4.98 Å². The van der Waals surface area contributed by atoms with Crippen LogP contribution in [0.2, 0.25) is 0 Å². The number of carbonyl (C=O) groups is 1. The number of nitrogens with one attached hydrogen (secondary N) is 1. The smallest absolute Gasteiger partial charge is 0.303 e. The number of nitrogens with zero attached hydrogens (tertiary/aromatic N) is 2. The van der Waals surface area contributed by atoms with E-state index >= 15 is 0 Å². The molecule has 0 fully saturated rings. The van der Waals surface area contributed by atoms with Gasteiger partial charge in [-0.2, -0.15) is 0 Å². The third-order valence-corrected chi connectivity index (χ3v) is 3.06. The number of aromatic nitrogens is 2. The van der Waals surface area contributed by atoms with Crippen molar-refractivity contribution in [3.05, 3.63) is 48.5 Å². The molecule has 5 heteroatoms. The summed E-state index contributed by atoms with van der Waals surface area (Å²) in [6.45, 7) is 2.77. The number of carboxylic acids is 1. The van der Waals surface area contributed by atoms with Crippen LogP contribution < -0.4 is 5.32 Å². The van der Waals surface area contributed by atoms with E-state index < -0.39 is 5.97 Å². The highest BCUT2D eigenvalue weighted by Crippen LogP contribution is 2.14. The zero-order valence-corrected chi connectivity index (χ0v) is 11.5. The zero-order chi connectivity index (χ0) is 14.4. The second-order valence-electron chi connectivity index (χ2n) is 4.91. The van der Waals surface area contributed by atoms with Crippen molar-refractivity contribution in [1.29, 1.82) is 0 Å². The Hall–Kier alpha value is -2.30. The molecule has 0 spiro atoms. The number of carboxylic acid groups (broad SMARTS) is 1. The lowest BCUT2D eigenvalue weighted by Crippen LogP contribution is -2.16. The molecule has 2 rings (SSSR count). The van der Waals surface area contributed by atoms with Crippen LogP contribution in [0.4, 0.5) is 5.69 Å². The molecule has 1 aromatic carbocycles. The highest BCUT2D eigenvalue weighted by molar-refractivity contribution is 5.66. The molecule has 0 aliphatic rings. The van der Waals surface area contributed by atoms with Crippen molar-refractivity contribution in [3.63, 3.8) is 0 Å². The van der Waals surface area contributed by atoms with Crippen LogP contribution in [0, 0.1) is 0 Å². The van der Waals surface area contributed by atoms with E-state index in [1.54, 1.807) is 12.5 Å². The van der Waals surface area contributed by atoms with Crippen molar-refractivity contribution >= 4 is 11.7 Å². The fourth-order valence-electron chi connectivity index (χ4n) is 2.05. The van der Waals surface area contributed by atoms with E-state index in [0.29, 0.717) is 6.42 Å². The number of aliphatic carboxylic acids is 1. The molecule has 106 valence electrons. The van der Waals surface area contributed by atoms with Gasteiger partial charge in [0, 0.05) is 37.1 Å². The average molecular weight is 273 g/mol. The van der Waals surface area contributed by atoms with Crippen LogP contribution >= 0.6 is 0 Å². The fraction of sp³-hybridized carbons (Fsp3) is 0.333. The lowest BCUT2D eigenvalue weighted by atomic mass is 10.1. The minimum absolute atomic E-state index is 0.134. The van der Waals surface area contributed by atoms with Gasteiger partial charge in [0.15, 0.2) is 0 Å². The second kappa shape index (κ2) is 6.75. The average Bonchev–Trinajstić information content (AvgIpc) is 2.89. The van der Waals surface area contributed by atoms with Crippen LogP contribution in [0.25, 0.3) is 0 Å². The maximum absolute atomic E-state index is 10.6. The number of hydrogen-bond donors (Lipinski definition) is 2. The zero-order valence-electron chi connectivity index (χ0n) is 11.5. The summed E-state index contributed by atoms with van der Waals surface area (Å²) in [5.74, 6) is -0.757. The SMILES string of the molecule is CC(CCC(=O)O)Nc1cccc(Cn2ccnc2)c1. The van der Waals surface area contributed by atoms with Crippen LogP contribution in [0.1, 0.15) is 25.3 Å². The molecule has 1 unspecified atom stereocenters. The van der Waals surface area contributed by atoms with Gasteiger partial charge in [0.1, 0.15) is 0 Å². The highest BCUT2D eigenvalue weighted by atomic mass is 16.4. The van der Waals surface area contributed by atoms with Crippen molar-refractivity contribution < 1.29 is 9.90 Å². The first kappa shape index (κ1) is 14.1. The third-order valence-electron chi connectivity index (χ3n) is 3.06. The Morgan fingerprint density at radius 3 is 3.05 bits per heavy atom. The molecule has 0 amide bonds. The van der Waals surface area contributed by atoms with Gasteiger partial charge in [-0.1, -0.05) is 12.1 Å². The van der Waals surface area contributed by atoms with E-state index in [4.69, 9.17) is 5.11 Å². The second-order valence-corrected chi connectivity index (χ2v) is 4.91. The molecule has 1 heterocycles. The molecule has 0 saturated heterocycles. The van der Waals surface area contributed by atoms with Crippen LogP contribution in [-0.4, -0.2) is 26.7 Å². The predicted octanol–water partition coefficient (Wildman–Crippen LogP) is 2.60. The maximum atomic E-state index is 10.6. The van der Waals surface area contributed by atoms with E-state index in [-0.39, 0.29) is 12.5 Å². The normalized spacial score (nSPS) is 12.1. The molecule has 1 atom stereocenters. The van der Waals surface area contributed by atoms with Crippen molar-refractivity contribution in [2.45, 2.75) is 32.4 Å². The minimum Gasteiger partial charge on any atom is -0.481 e. The van der Waals surface area contributed by atoms with Gasteiger partial charge in [-0.3, -0.25) is 4.79 Å². The third kappa shape index (κ3) is 4.42. The first-order chi connectivity index (χ1) is 9.63. The molecule has 0 bridgehead atoms. The Morgan fingerprint density at radius 1 is 1.50 bits per heavy atom. The summed E-state index contributed by atoms with van der Waals surface area (Å²) in [7, 11) is 0. The topological polar surface area (TPSA) is 67.2 Å². The van der Waals surface area contributed by atoms with Crippen LogP contribution in [0.15, 0.2) is 43.0 Å². The molecular formula is C15H19N3O2. The Morgan fingerprint density at radius 2 is 2.35 bits per heavy atom. The Labute approximate surface area is 118 Å². The Kier molecular flexibility index (Phi) is 4.76. The molecule has 5 nitrogen and oxygen atoms in total. The fourth-order valence-corrected chi connectivity index (χ4v) is 2.05. The lowest BCUT2D eigenvalue weighted by Gasteiger charge is -2.15. The summed E-state index contributed by atoms with van der Waals surface area (Å²) in [5, 5.41) is 12.0. The first-order valence-electron chi connectivity index (χ1n) is 6.66. The summed E-state index contributed by atoms with van der Waals surface area (Å²) in [6.07, 6.45) is 6.27. The van der Waals surface area contributed by atoms with Crippen LogP contribution in [0.3, 0.4) is 0 Å². The molecule has 0 radical (unpaired) electrons. The molecule has 2 N–H and O–H groups in total. The summed E-state index contributed by atoms with van der Waals surface area (Å²) < 4.78 is 2.01. The number of rotatable bonds is 7. The van der Waals surface area contributed by atoms with Crippen molar-refractivity contribution in [2.24, 2.45) is 0 Å². The molecular weight excluding hydrogens is 254 g/mol. The quantitative estimate of drug-likeness (QED) is 0.813. The largest absolute Gasteiger partial charge is 0.481 e. The number of hydrogen-bond acceptors (Lipinski definition) is 3. The minimum atomic E-state index is -0.757. The molecule has 0 saturated carbocycles. The van der Waals surface area contributed by atoms with E-state index in [0.717, 1.165) is 12.2 Å². The molecule has 2 aromatic rings. The van der Waals surface area contributed by atoms with E-state index in [9.17, 15) is 4.79 Å². The summed E-state index contributed by atoms with van der Waals surface area (Å²) >= 11 is 0.